The number of methoxy groups -OCH3 is 1. The van der Waals surface area contributed by atoms with Gasteiger partial charge in [0.1, 0.15) is 17.3 Å². The van der Waals surface area contributed by atoms with Gasteiger partial charge in [-0.3, -0.25) is 0 Å². The van der Waals surface area contributed by atoms with Crippen molar-refractivity contribution in [2.45, 2.75) is 61.0 Å². The molecule has 192 valence electrons. The fourth-order valence-corrected chi connectivity index (χ4v) is 6.71. The molecule has 4 aliphatic heterocycles. The zero-order chi connectivity index (χ0) is 24.9. The number of nitrogens with zero attached hydrogens (tertiary/aromatic N) is 5. The Labute approximate surface area is 214 Å². The molecule has 6 rings (SSSR count). The normalized spacial score (nSPS) is 26.8. The number of aliphatic hydroxyl groups is 1. The first-order chi connectivity index (χ1) is 17.5. The van der Waals surface area contributed by atoms with Crippen LogP contribution in [-0.4, -0.2) is 84.0 Å². The van der Waals surface area contributed by atoms with Crippen molar-refractivity contribution < 1.29 is 19.3 Å². The van der Waals surface area contributed by atoms with E-state index >= 15 is 0 Å². The smallest absolute Gasteiger partial charge is 0.175 e. The first-order valence-electron chi connectivity index (χ1n) is 12.5. The molecule has 3 atom stereocenters. The number of piperidine rings is 1. The number of fused-ring (bicyclic) bond motifs is 3. The van der Waals surface area contributed by atoms with Gasteiger partial charge in [0, 0.05) is 44.1 Å². The number of rotatable bonds is 5. The van der Waals surface area contributed by atoms with Gasteiger partial charge in [-0.25, -0.2) is 15.0 Å². The molecule has 3 fully saturated rings. The van der Waals surface area contributed by atoms with E-state index in [-0.39, 0.29) is 30.3 Å². The van der Waals surface area contributed by atoms with E-state index in [2.05, 4.69) is 14.8 Å². The van der Waals surface area contributed by atoms with E-state index in [1.54, 1.807) is 19.5 Å². The van der Waals surface area contributed by atoms with Crippen LogP contribution in [0.2, 0.25) is 0 Å². The molecule has 10 nitrogen and oxygen atoms in total. The third kappa shape index (κ3) is 4.02. The lowest BCUT2D eigenvalue weighted by Gasteiger charge is -2.39. The largest absolute Gasteiger partial charge is 0.486 e. The molecule has 2 aromatic heterocycles. The summed E-state index contributed by atoms with van der Waals surface area (Å²) in [7, 11) is 1.75. The summed E-state index contributed by atoms with van der Waals surface area (Å²) in [5.41, 5.74) is 1.12. The first kappa shape index (κ1) is 23.9. The van der Waals surface area contributed by atoms with Gasteiger partial charge in [-0.2, -0.15) is 0 Å². The van der Waals surface area contributed by atoms with Gasteiger partial charge in [0.25, 0.3) is 0 Å². The Hall–Kier alpha value is -2.47. The minimum absolute atomic E-state index is 0.0960. The van der Waals surface area contributed by atoms with Crippen molar-refractivity contribution in [3.8, 4) is 5.75 Å². The van der Waals surface area contributed by atoms with Gasteiger partial charge in [0.2, 0.25) is 0 Å². The molecule has 0 aromatic carbocycles. The van der Waals surface area contributed by atoms with Crippen LogP contribution < -0.4 is 14.5 Å². The molecule has 0 bridgehead atoms. The first-order valence-corrected chi connectivity index (χ1v) is 13.3. The Balaban J connectivity index is 1.19. The fraction of sp³-hybridized carbons (Fsp3) is 0.600. The van der Waals surface area contributed by atoms with Crippen molar-refractivity contribution in [3.05, 3.63) is 24.2 Å². The molecule has 1 spiro atoms. The van der Waals surface area contributed by atoms with Crippen molar-refractivity contribution >= 4 is 29.1 Å². The van der Waals surface area contributed by atoms with Crippen LogP contribution in [0.3, 0.4) is 0 Å². The van der Waals surface area contributed by atoms with E-state index < -0.39 is 0 Å². The van der Waals surface area contributed by atoms with Crippen LogP contribution in [-0.2, 0) is 16.1 Å². The van der Waals surface area contributed by atoms with Crippen molar-refractivity contribution in [3.63, 3.8) is 0 Å². The highest BCUT2D eigenvalue weighted by Gasteiger charge is 2.46. The van der Waals surface area contributed by atoms with Crippen LogP contribution in [0.1, 0.15) is 31.9 Å². The summed E-state index contributed by atoms with van der Waals surface area (Å²) < 4.78 is 17.5. The molecule has 0 amide bonds. The summed E-state index contributed by atoms with van der Waals surface area (Å²) in [6, 6.07) is 2.22. The molecular formula is C25H32N6O4S. The van der Waals surface area contributed by atoms with Gasteiger partial charge in [-0.1, -0.05) is 11.8 Å². The number of hydrogen-bond acceptors (Lipinski definition) is 11. The van der Waals surface area contributed by atoms with Gasteiger partial charge >= 0.3 is 0 Å². The van der Waals surface area contributed by atoms with Crippen LogP contribution in [0.5, 0.6) is 5.75 Å². The van der Waals surface area contributed by atoms with Gasteiger partial charge < -0.3 is 34.5 Å². The minimum Gasteiger partial charge on any atom is -0.486 e. The second kappa shape index (κ2) is 9.44. The highest BCUT2D eigenvalue weighted by molar-refractivity contribution is 7.99. The van der Waals surface area contributed by atoms with E-state index in [4.69, 9.17) is 29.6 Å². The van der Waals surface area contributed by atoms with E-state index in [9.17, 15) is 5.11 Å². The predicted molar refractivity (Wildman–Crippen MR) is 135 cm³/mol. The lowest BCUT2D eigenvalue weighted by molar-refractivity contribution is 0.0978. The van der Waals surface area contributed by atoms with E-state index in [1.165, 1.54) is 11.8 Å². The number of aliphatic hydroxyl groups excluding tert-OH is 1. The highest BCUT2D eigenvalue weighted by atomic mass is 32.2. The summed E-state index contributed by atoms with van der Waals surface area (Å²) in [4.78, 5) is 19.5. The monoisotopic (exact) mass is 512 g/mol. The molecule has 2 N–H and O–H groups in total. The van der Waals surface area contributed by atoms with Gasteiger partial charge in [0.15, 0.2) is 17.4 Å². The second-order valence-corrected chi connectivity index (χ2v) is 11.1. The molecule has 6 heterocycles. The SMILES string of the molecule is CO[C@@H]1C[C@H]2COc3c(Sc4cnc(N5CCC6(CC5)CO[C@@H](C)C6=N)c(CO)n4)ccnc3N2C1. The maximum atomic E-state index is 10.1. The molecule has 0 unspecified atom stereocenters. The third-order valence-electron chi connectivity index (χ3n) is 8.02. The zero-order valence-electron chi connectivity index (χ0n) is 20.6. The number of hydrogen-bond donors (Lipinski definition) is 2. The van der Waals surface area contributed by atoms with Crippen LogP contribution in [0.25, 0.3) is 0 Å². The Bertz CT molecular complexity index is 1160. The maximum Gasteiger partial charge on any atom is 0.175 e. The van der Waals surface area contributed by atoms with Gasteiger partial charge in [-0.15, -0.1) is 0 Å². The lowest BCUT2D eigenvalue weighted by Crippen LogP contribution is -2.45. The number of anilines is 2. The van der Waals surface area contributed by atoms with Crippen molar-refractivity contribution in [1.29, 1.82) is 5.41 Å². The van der Waals surface area contributed by atoms with E-state index in [0.29, 0.717) is 35.5 Å². The number of nitrogens with one attached hydrogen (secondary N) is 1. The highest BCUT2D eigenvalue weighted by Crippen LogP contribution is 2.45. The average molecular weight is 513 g/mol. The summed E-state index contributed by atoms with van der Waals surface area (Å²) in [5.74, 6) is 2.33. The number of aromatic nitrogens is 3. The summed E-state index contributed by atoms with van der Waals surface area (Å²) >= 11 is 1.47. The zero-order valence-corrected chi connectivity index (χ0v) is 21.5. The molecule has 0 saturated carbocycles. The van der Waals surface area contributed by atoms with Crippen LogP contribution >= 0.6 is 11.8 Å². The van der Waals surface area contributed by atoms with Crippen LogP contribution in [0.4, 0.5) is 11.6 Å². The second-order valence-electron chi connectivity index (χ2n) is 10.0. The average Bonchev–Trinajstić information content (AvgIpc) is 3.46. The summed E-state index contributed by atoms with van der Waals surface area (Å²) in [6.45, 7) is 5.33. The Morgan fingerprint density at radius 2 is 2.11 bits per heavy atom. The Kier molecular flexibility index (Phi) is 6.27. The predicted octanol–water partition coefficient (Wildman–Crippen LogP) is 2.53. The number of ether oxygens (including phenoxy) is 3. The Morgan fingerprint density at radius 1 is 1.28 bits per heavy atom. The van der Waals surface area contributed by atoms with Gasteiger partial charge in [-0.05, 0) is 32.3 Å². The molecule has 4 aliphatic rings. The quantitative estimate of drug-likeness (QED) is 0.619. The Morgan fingerprint density at radius 3 is 2.83 bits per heavy atom. The molecular weight excluding hydrogens is 480 g/mol. The maximum absolute atomic E-state index is 10.1. The van der Waals surface area contributed by atoms with Crippen molar-refractivity contribution in [2.75, 3.05) is 49.8 Å². The van der Waals surface area contributed by atoms with Gasteiger partial charge in [0.05, 0.1) is 42.6 Å². The van der Waals surface area contributed by atoms with Crippen LogP contribution in [0.15, 0.2) is 28.4 Å². The fourth-order valence-electron chi connectivity index (χ4n) is 5.85. The van der Waals surface area contributed by atoms with E-state index in [0.717, 1.165) is 55.4 Å². The molecule has 0 radical (unpaired) electrons. The molecule has 11 heteroatoms. The van der Waals surface area contributed by atoms with E-state index in [1.807, 2.05) is 13.0 Å². The number of pyridine rings is 1. The standard InChI is InChI=1S/C25H32N6O4S/c1-15-22(26)25(14-35-15)4-7-30(8-5-25)23-18(12-32)29-20(10-28-23)36-19-3-6-27-24-21(19)34-13-16-9-17(33-2)11-31(16)24/h3,6,10,15-17,26,32H,4-5,7-9,11-14H2,1-2H3/t15-,16-,17+/m0/s1. The van der Waals surface area contributed by atoms with Crippen molar-refractivity contribution in [2.24, 2.45) is 5.41 Å². The molecule has 0 aliphatic carbocycles. The topological polar surface area (TPSA) is 117 Å². The molecule has 36 heavy (non-hydrogen) atoms. The molecule has 2 aromatic rings. The van der Waals surface area contributed by atoms with Crippen LogP contribution in [0, 0.1) is 10.8 Å². The summed E-state index contributed by atoms with van der Waals surface area (Å²) in [5, 5.41) is 19.3. The van der Waals surface area contributed by atoms with Crippen molar-refractivity contribution in [1.82, 2.24) is 15.0 Å². The minimum atomic E-state index is -0.187. The lowest BCUT2D eigenvalue weighted by atomic mass is 9.75. The third-order valence-corrected chi connectivity index (χ3v) is 8.97. The summed E-state index contributed by atoms with van der Waals surface area (Å²) in [6.07, 6.45) is 6.29. The molecule has 3 saturated heterocycles.